The number of likely N-dealkylation sites (tertiary alicyclic amines) is 1. The predicted octanol–water partition coefficient (Wildman–Crippen LogP) is 3.51. The second kappa shape index (κ2) is 6.54. The normalized spacial score (nSPS) is 22.6. The summed E-state index contributed by atoms with van der Waals surface area (Å²) in [4.78, 5) is 17.5. The molecule has 0 spiro atoms. The molecule has 2 aliphatic heterocycles. The van der Waals surface area contributed by atoms with E-state index in [-0.39, 0.29) is 6.09 Å². The van der Waals surface area contributed by atoms with E-state index in [0.29, 0.717) is 11.8 Å². The topological polar surface area (TPSA) is 58.6 Å². The zero-order valence-corrected chi connectivity index (χ0v) is 16.2. The third-order valence-electron chi connectivity index (χ3n) is 4.89. The molecule has 7 heteroatoms. The monoisotopic (exact) mass is 372 g/mol. The van der Waals surface area contributed by atoms with Crippen LogP contribution in [0.5, 0.6) is 0 Å². The third kappa shape index (κ3) is 3.53. The van der Waals surface area contributed by atoms with Gasteiger partial charge in [0.2, 0.25) is 0 Å². The fourth-order valence-electron chi connectivity index (χ4n) is 3.71. The number of ether oxygens (including phenoxy) is 1. The molecule has 0 aliphatic carbocycles. The number of anilines is 1. The summed E-state index contributed by atoms with van der Waals surface area (Å²) in [5.41, 5.74) is 0.472. The molecule has 2 saturated heterocycles. The highest BCUT2D eigenvalue weighted by atomic mass is 32.1. The Bertz CT molecular complexity index is 756. The SMILES string of the molecule is CC(C)(C)OC(=O)N1C[C@H]2CN(c3ccc(-c4cccs4)nn3)C[C@@H]2C1. The number of aromatic nitrogens is 2. The maximum atomic E-state index is 12.3. The van der Waals surface area contributed by atoms with Gasteiger partial charge in [0.25, 0.3) is 0 Å². The molecule has 4 rings (SSSR count). The van der Waals surface area contributed by atoms with Crippen molar-refractivity contribution in [1.82, 2.24) is 15.1 Å². The number of carbonyl (C=O) groups excluding carboxylic acids is 1. The zero-order chi connectivity index (χ0) is 18.3. The summed E-state index contributed by atoms with van der Waals surface area (Å²) in [5, 5.41) is 10.8. The van der Waals surface area contributed by atoms with Gasteiger partial charge in [0.1, 0.15) is 11.3 Å². The van der Waals surface area contributed by atoms with Gasteiger partial charge >= 0.3 is 6.09 Å². The number of fused-ring (bicyclic) bond motifs is 1. The predicted molar refractivity (Wildman–Crippen MR) is 102 cm³/mol. The molecule has 0 radical (unpaired) electrons. The number of nitrogens with zero attached hydrogens (tertiary/aromatic N) is 4. The largest absolute Gasteiger partial charge is 0.444 e. The smallest absolute Gasteiger partial charge is 0.410 e. The Hall–Kier alpha value is -2.15. The van der Waals surface area contributed by atoms with Gasteiger partial charge < -0.3 is 14.5 Å². The van der Waals surface area contributed by atoms with E-state index in [1.165, 1.54) is 0 Å². The Morgan fingerprint density at radius 1 is 1.12 bits per heavy atom. The molecule has 0 aromatic carbocycles. The summed E-state index contributed by atoms with van der Waals surface area (Å²) in [6.45, 7) is 9.06. The van der Waals surface area contributed by atoms with Crippen LogP contribution in [-0.4, -0.2) is 53.0 Å². The van der Waals surface area contributed by atoms with Crippen molar-refractivity contribution in [2.45, 2.75) is 26.4 Å². The van der Waals surface area contributed by atoms with Crippen molar-refractivity contribution in [2.75, 3.05) is 31.1 Å². The van der Waals surface area contributed by atoms with Gasteiger partial charge in [0, 0.05) is 38.0 Å². The molecule has 26 heavy (non-hydrogen) atoms. The molecule has 0 saturated carbocycles. The van der Waals surface area contributed by atoms with Gasteiger partial charge in [-0.05, 0) is 44.4 Å². The zero-order valence-electron chi connectivity index (χ0n) is 15.4. The number of carbonyl (C=O) groups is 1. The minimum absolute atomic E-state index is 0.196. The summed E-state index contributed by atoms with van der Waals surface area (Å²) in [7, 11) is 0. The van der Waals surface area contributed by atoms with E-state index in [9.17, 15) is 4.79 Å². The van der Waals surface area contributed by atoms with Crippen molar-refractivity contribution in [2.24, 2.45) is 11.8 Å². The summed E-state index contributed by atoms with van der Waals surface area (Å²) < 4.78 is 5.50. The number of amides is 1. The first-order chi connectivity index (χ1) is 12.4. The Labute approximate surface area is 157 Å². The summed E-state index contributed by atoms with van der Waals surface area (Å²) in [5.74, 6) is 1.87. The second-order valence-electron chi connectivity index (χ2n) is 8.06. The van der Waals surface area contributed by atoms with Gasteiger partial charge in [0.05, 0.1) is 4.88 Å². The lowest BCUT2D eigenvalue weighted by atomic mass is 10.0. The lowest BCUT2D eigenvalue weighted by Crippen LogP contribution is -2.37. The van der Waals surface area contributed by atoms with Crippen molar-refractivity contribution in [3.63, 3.8) is 0 Å². The van der Waals surface area contributed by atoms with Crippen LogP contribution in [0.2, 0.25) is 0 Å². The average molecular weight is 372 g/mol. The van der Waals surface area contributed by atoms with Gasteiger partial charge in [-0.3, -0.25) is 0 Å². The number of rotatable bonds is 2. The molecule has 2 aromatic heterocycles. The third-order valence-corrected chi connectivity index (χ3v) is 5.78. The lowest BCUT2D eigenvalue weighted by molar-refractivity contribution is 0.0282. The average Bonchev–Trinajstić information content (AvgIpc) is 3.29. The summed E-state index contributed by atoms with van der Waals surface area (Å²) >= 11 is 1.67. The van der Waals surface area contributed by atoms with Crippen LogP contribution in [0.25, 0.3) is 10.6 Å². The molecule has 0 N–H and O–H groups in total. The fourth-order valence-corrected chi connectivity index (χ4v) is 4.40. The van der Waals surface area contributed by atoms with E-state index < -0.39 is 5.60 Å². The van der Waals surface area contributed by atoms with E-state index in [2.05, 4.69) is 27.2 Å². The Balaban J connectivity index is 1.37. The number of hydrogen-bond donors (Lipinski definition) is 0. The fraction of sp³-hybridized carbons (Fsp3) is 0.526. The van der Waals surface area contributed by atoms with Gasteiger partial charge in [0.15, 0.2) is 5.82 Å². The van der Waals surface area contributed by atoms with Crippen molar-refractivity contribution in [3.05, 3.63) is 29.6 Å². The van der Waals surface area contributed by atoms with Gasteiger partial charge in [-0.2, -0.15) is 0 Å². The Morgan fingerprint density at radius 3 is 2.38 bits per heavy atom. The molecular weight excluding hydrogens is 348 g/mol. The molecule has 2 atom stereocenters. The molecular formula is C19H24N4O2S. The van der Waals surface area contributed by atoms with Crippen LogP contribution in [0.15, 0.2) is 29.6 Å². The highest BCUT2D eigenvalue weighted by Gasteiger charge is 2.43. The first-order valence-corrected chi connectivity index (χ1v) is 9.87. The van der Waals surface area contributed by atoms with Gasteiger partial charge in [-0.25, -0.2) is 4.79 Å². The first-order valence-electron chi connectivity index (χ1n) is 8.99. The van der Waals surface area contributed by atoms with E-state index in [1.54, 1.807) is 11.3 Å². The molecule has 0 bridgehead atoms. The minimum atomic E-state index is -0.444. The molecule has 2 fully saturated rings. The van der Waals surface area contributed by atoms with Crippen LogP contribution >= 0.6 is 11.3 Å². The van der Waals surface area contributed by atoms with Crippen LogP contribution in [0.3, 0.4) is 0 Å². The number of thiophene rings is 1. The Morgan fingerprint density at radius 2 is 1.85 bits per heavy atom. The molecule has 138 valence electrons. The highest BCUT2D eigenvalue weighted by molar-refractivity contribution is 7.13. The quantitative estimate of drug-likeness (QED) is 0.807. The number of hydrogen-bond acceptors (Lipinski definition) is 6. The second-order valence-corrected chi connectivity index (χ2v) is 9.01. The minimum Gasteiger partial charge on any atom is -0.444 e. The van der Waals surface area contributed by atoms with Crippen molar-refractivity contribution in [1.29, 1.82) is 0 Å². The standard InChI is InChI=1S/C19H24N4O2S/c1-19(2,3)25-18(24)23-11-13-9-22(10-14(13)12-23)17-7-6-15(20-21-17)16-5-4-8-26-16/h4-8,13-14H,9-12H2,1-3H3/t13-,14-/m1/s1. The Kier molecular flexibility index (Phi) is 4.34. The van der Waals surface area contributed by atoms with Crippen LogP contribution in [0, 0.1) is 11.8 Å². The van der Waals surface area contributed by atoms with Gasteiger partial charge in [-0.15, -0.1) is 21.5 Å². The van der Waals surface area contributed by atoms with E-state index in [0.717, 1.165) is 42.6 Å². The van der Waals surface area contributed by atoms with E-state index in [4.69, 9.17) is 4.74 Å². The molecule has 6 nitrogen and oxygen atoms in total. The van der Waals surface area contributed by atoms with Gasteiger partial charge in [-0.1, -0.05) is 6.07 Å². The van der Waals surface area contributed by atoms with Crippen molar-refractivity contribution in [3.8, 4) is 10.6 Å². The molecule has 0 unspecified atom stereocenters. The highest BCUT2D eigenvalue weighted by Crippen LogP contribution is 2.34. The summed E-state index contributed by atoms with van der Waals surface area (Å²) in [6.07, 6.45) is -0.196. The van der Waals surface area contributed by atoms with Crippen LogP contribution in [-0.2, 0) is 4.74 Å². The van der Waals surface area contributed by atoms with Crippen LogP contribution in [0.4, 0.5) is 10.6 Å². The van der Waals surface area contributed by atoms with E-state index >= 15 is 0 Å². The molecule has 2 aliphatic rings. The lowest BCUT2D eigenvalue weighted by Gasteiger charge is -2.26. The first kappa shape index (κ1) is 17.3. The maximum Gasteiger partial charge on any atom is 0.410 e. The van der Waals surface area contributed by atoms with Crippen molar-refractivity contribution < 1.29 is 9.53 Å². The maximum absolute atomic E-state index is 12.3. The molecule has 1 amide bonds. The van der Waals surface area contributed by atoms with E-state index in [1.807, 2.05) is 43.2 Å². The molecule has 2 aromatic rings. The van der Waals surface area contributed by atoms with Crippen molar-refractivity contribution >= 4 is 23.2 Å². The summed E-state index contributed by atoms with van der Waals surface area (Å²) in [6, 6.07) is 8.16. The molecule has 4 heterocycles. The van der Waals surface area contributed by atoms with Crippen LogP contribution in [0.1, 0.15) is 20.8 Å². The van der Waals surface area contributed by atoms with Crippen LogP contribution < -0.4 is 4.90 Å².